The van der Waals surface area contributed by atoms with Crippen molar-refractivity contribution in [3.8, 4) is 22.3 Å². The van der Waals surface area contributed by atoms with Crippen LogP contribution in [0, 0.1) is 0 Å². The average Bonchev–Trinajstić information content (AvgIpc) is 3.69. The van der Waals surface area contributed by atoms with Crippen LogP contribution in [-0.2, 0) is 0 Å². The lowest BCUT2D eigenvalue weighted by Crippen LogP contribution is -2.84. The van der Waals surface area contributed by atoms with Crippen molar-refractivity contribution in [3.05, 3.63) is 212 Å². The summed E-state index contributed by atoms with van der Waals surface area (Å²) >= 11 is 1.92. The molecule has 0 atom stereocenters. The van der Waals surface area contributed by atoms with E-state index in [0.717, 1.165) is 33.3 Å². The van der Waals surface area contributed by atoms with Crippen molar-refractivity contribution in [3.63, 3.8) is 0 Å². The fourth-order valence-electron chi connectivity index (χ4n) is 9.58. The minimum absolute atomic E-state index is 0.488. The first-order valence-electron chi connectivity index (χ1n) is 20.1. The van der Waals surface area contributed by atoms with E-state index >= 15 is 0 Å². The maximum atomic E-state index is 6.54. The van der Waals surface area contributed by atoms with Gasteiger partial charge in [-0.05, 0) is 96.7 Å². The maximum Gasteiger partial charge on any atom is 0.181 e. The first-order chi connectivity index (χ1) is 29.3. The zero-order valence-corrected chi connectivity index (χ0v) is 34.8. The van der Waals surface area contributed by atoms with E-state index in [1.54, 1.807) is 0 Å². The van der Waals surface area contributed by atoms with Crippen molar-refractivity contribution in [2.24, 2.45) is 0 Å². The Morgan fingerprint density at radius 1 is 0.407 bits per heavy atom. The number of fused-ring (bicyclic) bond motifs is 11. The molecule has 2 aliphatic heterocycles. The molecule has 0 N–H and O–H groups in total. The number of hydrogen-bond donors (Lipinski definition) is 0. The molecule has 276 valence electrons. The zero-order valence-electron chi connectivity index (χ0n) is 32.0. The molecule has 5 heteroatoms. The van der Waals surface area contributed by atoms with Gasteiger partial charge in [0.2, 0.25) is 0 Å². The van der Waals surface area contributed by atoms with Crippen LogP contribution in [0.25, 0.3) is 44.2 Å². The summed E-state index contributed by atoms with van der Waals surface area (Å²) in [5.74, 6) is 0. The van der Waals surface area contributed by atoms with Crippen molar-refractivity contribution in [1.29, 1.82) is 0 Å². The van der Waals surface area contributed by atoms with Crippen LogP contribution in [-0.4, -0.2) is 17.6 Å². The molecule has 9 aromatic carbocycles. The first kappa shape index (κ1) is 34.4. The molecule has 2 radical (unpaired) electrons. The highest BCUT2D eigenvalue weighted by Crippen LogP contribution is 2.43. The highest BCUT2D eigenvalue weighted by molar-refractivity contribution is 8.00. The fraction of sp³-hybridized carbons (Fsp3) is 0. The third-order valence-corrected chi connectivity index (χ3v) is 20.6. The number of para-hydroxylation sites is 1. The summed E-state index contributed by atoms with van der Waals surface area (Å²) in [6.45, 7) is 0. The fourth-order valence-corrected chi connectivity index (χ4v) is 19.4. The van der Waals surface area contributed by atoms with Crippen LogP contribution < -0.4 is 36.0 Å². The van der Waals surface area contributed by atoms with E-state index in [1.165, 1.54) is 68.9 Å². The van der Waals surface area contributed by atoms with Crippen molar-refractivity contribution >= 4 is 99.5 Å². The van der Waals surface area contributed by atoms with E-state index in [9.17, 15) is 0 Å². The number of furan rings is 1. The Labute approximate surface area is 351 Å². The normalized spacial score (nSPS) is 13.4. The molecule has 0 amide bonds. The minimum atomic E-state index is -2.76. The smallest absolute Gasteiger partial charge is 0.181 e. The molecule has 1 spiro atoms. The van der Waals surface area contributed by atoms with E-state index < -0.39 is 8.07 Å². The standard InChI is InChI=1S/C54H35NOSSi2/c1-2-14-36(15-3-1)37-28-30-38(31-29-37)39-32-34-40(35-33-39)55(42-17-12-20-45-53(42)41-16-4-5-19-44(41)56-45)43-18-13-27-52-54(43)58-48-23-8-11-26-51(48)59(52)49-24-9-6-21-46(49)57-47-22-7-10-25-50(47)59/h1-35H. The Morgan fingerprint density at radius 2 is 0.932 bits per heavy atom. The lowest BCUT2D eigenvalue weighted by atomic mass is 10.00. The first-order valence-corrected chi connectivity index (χ1v) is 23.9. The molecule has 0 bridgehead atoms. The van der Waals surface area contributed by atoms with Gasteiger partial charge in [-0.25, -0.2) is 0 Å². The quantitative estimate of drug-likeness (QED) is 0.161. The van der Waals surface area contributed by atoms with Crippen molar-refractivity contribution in [2.45, 2.75) is 9.79 Å². The summed E-state index contributed by atoms with van der Waals surface area (Å²) in [5, 5.41) is 11.1. The van der Waals surface area contributed by atoms with Crippen LogP contribution in [0.5, 0.6) is 0 Å². The van der Waals surface area contributed by atoms with E-state index in [2.05, 4.69) is 217 Å². The van der Waals surface area contributed by atoms with Crippen LogP contribution >= 0.6 is 11.8 Å². The van der Waals surface area contributed by atoms with Gasteiger partial charge in [-0.3, -0.25) is 0 Å². The Hall–Kier alpha value is -6.64. The second-order valence-electron chi connectivity index (χ2n) is 15.3. The highest BCUT2D eigenvalue weighted by atomic mass is 32.2. The lowest BCUT2D eigenvalue weighted by Gasteiger charge is -2.45. The molecule has 1 aromatic heterocycles. The van der Waals surface area contributed by atoms with Crippen LogP contribution in [0.15, 0.2) is 227 Å². The Balaban J connectivity index is 1.10. The number of anilines is 3. The Kier molecular flexibility index (Phi) is 8.02. The maximum absolute atomic E-state index is 6.54. The SMILES string of the molecule is c1ccc(-c2ccc(-c3ccc(N(c4cccc5c4[Si]c4ccccc4[Si]54c5ccccc5Sc5ccccc54)c4cccc5oc6ccccc6c45)cc3)cc2)cc1. The van der Waals surface area contributed by atoms with Crippen LogP contribution in [0.3, 0.4) is 0 Å². The minimum Gasteiger partial charge on any atom is -0.456 e. The summed E-state index contributed by atoms with van der Waals surface area (Å²) in [6, 6.07) is 78.5. The van der Waals surface area contributed by atoms with Gasteiger partial charge in [0.25, 0.3) is 0 Å². The predicted octanol–water partition coefficient (Wildman–Crippen LogP) is 10.2. The van der Waals surface area contributed by atoms with Gasteiger partial charge in [-0.2, -0.15) is 0 Å². The molecule has 2 nitrogen and oxygen atoms in total. The molecule has 3 heterocycles. The number of nitrogens with zero attached hydrogens (tertiary/aromatic N) is 1. The molecule has 0 saturated carbocycles. The third-order valence-electron chi connectivity index (χ3n) is 12.2. The topological polar surface area (TPSA) is 16.4 Å². The summed E-state index contributed by atoms with van der Waals surface area (Å²) < 4.78 is 6.54. The third kappa shape index (κ3) is 5.32. The van der Waals surface area contributed by atoms with Gasteiger partial charge >= 0.3 is 0 Å². The number of hydrogen-bond acceptors (Lipinski definition) is 3. The van der Waals surface area contributed by atoms with Gasteiger partial charge in [0, 0.05) is 26.6 Å². The monoisotopic (exact) mass is 801 g/mol. The van der Waals surface area contributed by atoms with Gasteiger partial charge in [-0.1, -0.05) is 181 Å². The number of benzene rings is 9. The van der Waals surface area contributed by atoms with Crippen molar-refractivity contribution < 1.29 is 4.42 Å². The summed E-state index contributed by atoms with van der Waals surface area (Å²) in [5.41, 5.74) is 10.1. The van der Waals surface area contributed by atoms with Crippen molar-refractivity contribution in [1.82, 2.24) is 0 Å². The molecular weight excluding hydrogens is 767 g/mol. The van der Waals surface area contributed by atoms with E-state index in [0.29, 0.717) is 9.52 Å². The molecule has 0 aliphatic carbocycles. The number of rotatable bonds is 5. The Bertz CT molecular complexity index is 3170. The largest absolute Gasteiger partial charge is 0.456 e. The summed E-state index contributed by atoms with van der Waals surface area (Å²) in [6.07, 6.45) is 0. The molecule has 2 aliphatic rings. The molecule has 12 rings (SSSR count). The average molecular weight is 802 g/mol. The van der Waals surface area contributed by atoms with E-state index in [1.807, 2.05) is 11.8 Å². The molecular formula is C54H35NOSSi2. The molecule has 59 heavy (non-hydrogen) atoms. The molecule has 0 unspecified atom stereocenters. The summed E-state index contributed by atoms with van der Waals surface area (Å²) in [4.78, 5) is 5.25. The van der Waals surface area contributed by atoms with Gasteiger partial charge in [0.1, 0.15) is 20.7 Å². The second-order valence-corrected chi connectivity index (χ2v) is 21.3. The van der Waals surface area contributed by atoms with Gasteiger partial charge in [0.15, 0.2) is 8.07 Å². The van der Waals surface area contributed by atoms with Crippen molar-refractivity contribution in [2.75, 3.05) is 4.90 Å². The highest BCUT2D eigenvalue weighted by Gasteiger charge is 2.51. The van der Waals surface area contributed by atoms with E-state index in [4.69, 9.17) is 4.42 Å². The van der Waals surface area contributed by atoms with Crippen LogP contribution in [0.4, 0.5) is 17.1 Å². The van der Waals surface area contributed by atoms with E-state index in [-0.39, 0.29) is 0 Å². The summed E-state index contributed by atoms with van der Waals surface area (Å²) in [7, 11) is -2.27. The zero-order chi connectivity index (χ0) is 38.9. The molecule has 0 fully saturated rings. The molecule has 10 aromatic rings. The molecule has 0 saturated heterocycles. The van der Waals surface area contributed by atoms with Crippen LogP contribution in [0.1, 0.15) is 0 Å². The van der Waals surface area contributed by atoms with Crippen LogP contribution in [0.2, 0.25) is 0 Å². The van der Waals surface area contributed by atoms with Gasteiger partial charge in [0.05, 0.1) is 11.1 Å². The predicted molar refractivity (Wildman–Crippen MR) is 252 cm³/mol. The lowest BCUT2D eigenvalue weighted by molar-refractivity contribution is 0.669. The van der Waals surface area contributed by atoms with Gasteiger partial charge in [-0.15, -0.1) is 0 Å². The Morgan fingerprint density at radius 3 is 1.66 bits per heavy atom. The van der Waals surface area contributed by atoms with Gasteiger partial charge < -0.3 is 9.32 Å². The second kappa shape index (κ2) is 13.7.